The van der Waals surface area contributed by atoms with Gasteiger partial charge in [-0.05, 0) is 19.3 Å². The molecule has 2 aliphatic heterocycles. The second-order valence-corrected chi connectivity index (χ2v) is 7.87. The first kappa shape index (κ1) is 16.4. The Morgan fingerprint density at radius 2 is 2.26 bits per heavy atom. The summed E-state index contributed by atoms with van der Waals surface area (Å²) >= 11 is 0. The molecule has 1 aromatic rings. The first-order chi connectivity index (χ1) is 10.9. The lowest BCUT2D eigenvalue weighted by atomic mass is 10.2. The molecule has 0 aromatic carbocycles. The maximum atomic E-state index is 12.6. The third kappa shape index (κ3) is 3.91. The number of ether oxygens (including phenoxy) is 1. The first-order valence-corrected chi connectivity index (χ1v) is 9.71. The molecule has 1 N–H and O–H groups in total. The summed E-state index contributed by atoms with van der Waals surface area (Å²) in [6.45, 7) is 2.68. The normalized spacial score (nSPS) is 22.0. The zero-order valence-corrected chi connectivity index (χ0v) is 14.0. The van der Waals surface area contributed by atoms with Crippen LogP contribution in [0, 0.1) is 0 Å². The largest absolute Gasteiger partial charge is 0.368 e. The minimum absolute atomic E-state index is 0.0270. The van der Waals surface area contributed by atoms with Crippen molar-refractivity contribution in [3.05, 3.63) is 17.7 Å². The Kier molecular flexibility index (Phi) is 4.69. The number of nitrogens with one attached hydrogen (secondary N) is 1. The third-order valence-electron chi connectivity index (χ3n) is 4.22. The molecule has 128 valence electrons. The summed E-state index contributed by atoms with van der Waals surface area (Å²) in [6, 6.07) is 0. The highest BCUT2D eigenvalue weighted by Gasteiger charge is 2.30. The van der Waals surface area contributed by atoms with E-state index in [1.807, 2.05) is 4.57 Å². The van der Waals surface area contributed by atoms with E-state index < -0.39 is 10.0 Å². The minimum atomic E-state index is -3.28. The van der Waals surface area contributed by atoms with Gasteiger partial charge in [0.2, 0.25) is 10.0 Å². The van der Waals surface area contributed by atoms with Crippen molar-refractivity contribution in [3.8, 4) is 0 Å². The van der Waals surface area contributed by atoms with Crippen molar-refractivity contribution < 1.29 is 17.9 Å². The van der Waals surface area contributed by atoms with E-state index in [0.717, 1.165) is 37.8 Å². The van der Waals surface area contributed by atoms with Gasteiger partial charge in [0.05, 0.1) is 37.1 Å². The molecule has 1 fully saturated rings. The van der Waals surface area contributed by atoms with Crippen molar-refractivity contribution in [2.24, 2.45) is 0 Å². The molecule has 3 heterocycles. The molecule has 2 aliphatic rings. The summed E-state index contributed by atoms with van der Waals surface area (Å²) in [4.78, 5) is 18.7. The van der Waals surface area contributed by atoms with Crippen molar-refractivity contribution >= 4 is 15.9 Å². The van der Waals surface area contributed by atoms with Gasteiger partial charge in [-0.15, -0.1) is 0 Å². The number of fused-ring (bicyclic) bond motifs is 1. The van der Waals surface area contributed by atoms with Crippen molar-refractivity contribution in [1.29, 1.82) is 0 Å². The molecule has 1 amide bonds. The highest BCUT2D eigenvalue weighted by atomic mass is 32.2. The minimum Gasteiger partial charge on any atom is -0.368 e. The van der Waals surface area contributed by atoms with Crippen LogP contribution >= 0.6 is 0 Å². The smallest absolute Gasteiger partial charge is 0.252 e. The summed E-state index contributed by atoms with van der Waals surface area (Å²) in [5.41, 5.74) is 1.56. The Morgan fingerprint density at radius 3 is 2.96 bits per heavy atom. The molecule has 0 unspecified atom stereocenters. The van der Waals surface area contributed by atoms with Crippen molar-refractivity contribution in [3.63, 3.8) is 0 Å². The number of aryl methyl sites for hydroxylation is 1. The number of amides is 1. The predicted molar refractivity (Wildman–Crippen MR) is 82.9 cm³/mol. The predicted octanol–water partition coefficient (Wildman–Crippen LogP) is -0.156. The zero-order chi connectivity index (χ0) is 16.4. The van der Waals surface area contributed by atoms with Crippen LogP contribution in [0.25, 0.3) is 0 Å². The molecule has 0 spiro atoms. The van der Waals surface area contributed by atoms with Gasteiger partial charge in [0, 0.05) is 19.7 Å². The summed E-state index contributed by atoms with van der Waals surface area (Å²) in [6.07, 6.45) is 5.05. The molecule has 0 saturated carbocycles. The second-order valence-electron chi connectivity index (χ2n) is 6.04. The van der Waals surface area contributed by atoms with Crippen LogP contribution in [-0.2, 0) is 39.2 Å². The third-order valence-corrected chi connectivity index (χ3v) is 4.89. The van der Waals surface area contributed by atoms with Gasteiger partial charge < -0.3 is 14.2 Å². The van der Waals surface area contributed by atoms with E-state index in [-0.39, 0.29) is 18.6 Å². The molecule has 23 heavy (non-hydrogen) atoms. The fraction of sp³-hybridized carbons (Fsp3) is 0.714. The van der Waals surface area contributed by atoms with E-state index in [0.29, 0.717) is 25.4 Å². The number of carbonyl (C=O) groups excluding carboxylic acids is 1. The van der Waals surface area contributed by atoms with Crippen LogP contribution in [0.3, 0.4) is 0 Å². The molecule has 1 saturated heterocycles. The van der Waals surface area contributed by atoms with E-state index in [2.05, 4.69) is 9.71 Å². The lowest BCUT2D eigenvalue weighted by Gasteiger charge is -2.23. The van der Waals surface area contributed by atoms with Crippen LogP contribution in [0.2, 0.25) is 0 Å². The number of rotatable bonds is 4. The van der Waals surface area contributed by atoms with Crippen molar-refractivity contribution in [1.82, 2.24) is 19.2 Å². The van der Waals surface area contributed by atoms with Gasteiger partial charge in [-0.3, -0.25) is 4.79 Å². The van der Waals surface area contributed by atoms with E-state index in [4.69, 9.17) is 4.74 Å². The maximum Gasteiger partial charge on any atom is 0.252 e. The number of aromatic nitrogens is 2. The van der Waals surface area contributed by atoms with Gasteiger partial charge in [-0.25, -0.2) is 18.1 Å². The van der Waals surface area contributed by atoms with Crippen molar-refractivity contribution in [2.45, 2.75) is 45.0 Å². The molecule has 0 radical (unpaired) electrons. The Morgan fingerprint density at radius 1 is 1.43 bits per heavy atom. The van der Waals surface area contributed by atoms with Gasteiger partial charge in [0.15, 0.2) is 0 Å². The fourth-order valence-electron chi connectivity index (χ4n) is 3.03. The second kappa shape index (κ2) is 6.58. The van der Waals surface area contributed by atoms with Gasteiger partial charge in [-0.2, -0.15) is 0 Å². The van der Waals surface area contributed by atoms with E-state index in [1.165, 1.54) is 0 Å². The Bertz CT molecular complexity index is 679. The molecule has 3 rings (SSSR count). The Hall–Kier alpha value is -1.45. The lowest BCUT2D eigenvalue weighted by Crippen LogP contribution is -2.38. The lowest BCUT2D eigenvalue weighted by molar-refractivity contribution is -0.141. The van der Waals surface area contributed by atoms with Gasteiger partial charge in [0.1, 0.15) is 6.10 Å². The summed E-state index contributed by atoms with van der Waals surface area (Å²) in [7, 11) is -3.28. The highest BCUT2D eigenvalue weighted by molar-refractivity contribution is 7.88. The van der Waals surface area contributed by atoms with Crippen molar-refractivity contribution in [2.75, 3.05) is 19.4 Å². The number of sulfonamides is 1. The zero-order valence-electron chi connectivity index (χ0n) is 13.2. The van der Waals surface area contributed by atoms with Crippen LogP contribution in [0.5, 0.6) is 0 Å². The quantitative estimate of drug-likeness (QED) is 0.821. The molecule has 1 aromatic heterocycles. The maximum absolute atomic E-state index is 12.6. The molecule has 8 nitrogen and oxygen atoms in total. The number of hydrogen-bond acceptors (Lipinski definition) is 5. The van der Waals surface area contributed by atoms with Crippen LogP contribution < -0.4 is 4.72 Å². The molecule has 0 bridgehead atoms. The summed E-state index contributed by atoms with van der Waals surface area (Å²) in [5.74, 6) is 0.0270. The average molecular weight is 342 g/mol. The number of carbonyl (C=O) groups is 1. The molecular formula is C14H22N4O4S. The van der Waals surface area contributed by atoms with Crippen LogP contribution in [-0.4, -0.2) is 54.3 Å². The van der Waals surface area contributed by atoms with Crippen LogP contribution in [0.4, 0.5) is 0 Å². The molecule has 9 heteroatoms. The topological polar surface area (TPSA) is 93.5 Å². The van der Waals surface area contributed by atoms with E-state index in [9.17, 15) is 13.2 Å². The Balaban J connectivity index is 1.75. The van der Waals surface area contributed by atoms with Gasteiger partial charge in [-0.1, -0.05) is 0 Å². The van der Waals surface area contributed by atoms with Crippen LogP contribution in [0.15, 0.2) is 6.33 Å². The summed E-state index contributed by atoms with van der Waals surface area (Å²) < 4.78 is 32.5. The van der Waals surface area contributed by atoms with Crippen LogP contribution in [0.1, 0.15) is 30.7 Å². The summed E-state index contributed by atoms with van der Waals surface area (Å²) in [5, 5.41) is 0. The monoisotopic (exact) mass is 342 g/mol. The first-order valence-electron chi connectivity index (χ1n) is 7.82. The molecular weight excluding hydrogens is 320 g/mol. The Labute approximate surface area is 135 Å². The number of nitrogens with zero attached hydrogens (tertiary/aromatic N) is 3. The van der Waals surface area contributed by atoms with E-state index >= 15 is 0 Å². The van der Waals surface area contributed by atoms with Gasteiger partial charge in [0.25, 0.3) is 5.91 Å². The highest BCUT2D eigenvalue weighted by Crippen LogP contribution is 2.20. The number of imidazole rings is 1. The molecule has 1 atom stereocenters. The number of hydrogen-bond donors (Lipinski definition) is 1. The molecule has 0 aliphatic carbocycles. The van der Waals surface area contributed by atoms with Gasteiger partial charge >= 0.3 is 0 Å². The SMILES string of the molecule is CS(=O)(=O)NCc1ncn2c1CN(C(=O)[C@@H]1CCCO1)CCC2. The van der Waals surface area contributed by atoms with E-state index in [1.54, 1.807) is 11.2 Å². The fourth-order valence-corrected chi connectivity index (χ4v) is 3.43. The standard InChI is InChI=1S/C14H22N4O4S/c1-23(20,21)16-8-11-12-9-17(5-3-6-18(12)10-15-11)14(19)13-4-2-7-22-13/h10,13,16H,2-9H2,1H3/t13-/m0/s1. The average Bonchev–Trinajstić information content (AvgIpc) is 3.09.